The van der Waals surface area contributed by atoms with Gasteiger partial charge in [0.15, 0.2) is 0 Å². The van der Waals surface area contributed by atoms with Gasteiger partial charge in [0.25, 0.3) is 10.2 Å². The van der Waals surface area contributed by atoms with E-state index < -0.39 is 16.0 Å². The van der Waals surface area contributed by atoms with Crippen molar-refractivity contribution in [1.29, 1.82) is 0 Å². The predicted molar refractivity (Wildman–Crippen MR) is 89.7 cm³/mol. The third-order valence-corrected chi connectivity index (χ3v) is 6.27. The highest BCUT2D eigenvalue weighted by atomic mass is 35.5. The molecule has 1 saturated carbocycles. The zero-order chi connectivity index (χ0) is 17.0. The van der Waals surface area contributed by atoms with Crippen molar-refractivity contribution >= 4 is 21.8 Å². The Bertz CT molecular complexity index is 621. The molecule has 1 aromatic rings. The number of rotatable bonds is 6. The molecule has 1 aromatic carbocycles. The van der Waals surface area contributed by atoms with Gasteiger partial charge in [0.1, 0.15) is 5.82 Å². The van der Waals surface area contributed by atoms with E-state index >= 15 is 0 Å². The fraction of sp³-hybridized carbons (Fsp3) is 0.600. The van der Waals surface area contributed by atoms with Gasteiger partial charge < -0.3 is 5.73 Å². The van der Waals surface area contributed by atoms with Crippen molar-refractivity contribution in [2.24, 2.45) is 11.7 Å². The first-order valence-corrected chi connectivity index (χ1v) is 9.53. The molecule has 0 aromatic heterocycles. The summed E-state index contributed by atoms with van der Waals surface area (Å²) in [6, 6.07) is 4.12. The molecule has 0 amide bonds. The Balaban J connectivity index is 2.09. The summed E-state index contributed by atoms with van der Waals surface area (Å²) in [5.41, 5.74) is 5.90. The van der Waals surface area contributed by atoms with Gasteiger partial charge in [0, 0.05) is 30.2 Å². The predicted octanol–water partition coefficient (Wildman–Crippen LogP) is 2.26. The molecule has 0 heterocycles. The van der Waals surface area contributed by atoms with Crippen LogP contribution in [0.15, 0.2) is 18.2 Å². The summed E-state index contributed by atoms with van der Waals surface area (Å²) in [7, 11) is -2.32. The number of hydrogen-bond donors (Lipinski definition) is 2. The second-order valence-corrected chi connectivity index (χ2v) is 8.18. The molecule has 0 radical (unpaired) electrons. The highest BCUT2D eigenvalue weighted by molar-refractivity contribution is 7.87. The van der Waals surface area contributed by atoms with E-state index in [2.05, 4.69) is 4.72 Å². The third-order valence-electron chi connectivity index (χ3n) is 4.36. The average molecular weight is 364 g/mol. The van der Waals surface area contributed by atoms with Crippen LogP contribution < -0.4 is 10.5 Å². The lowest BCUT2D eigenvalue weighted by Gasteiger charge is -2.32. The van der Waals surface area contributed by atoms with Crippen LogP contribution in [-0.2, 0) is 16.8 Å². The van der Waals surface area contributed by atoms with Crippen LogP contribution in [-0.4, -0.2) is 32.4 Å². The summed E-state index contributed by atoms with van der Waals surface area (Å²) in [6.07, 6.45) is 3.75. The van der Waals surface area contributed by atoms with Crippen molar-refractivity contribution in [2.75, 3.05) is 13.6 Å². The third kappa shape index (κ3) is 4.64. The van der Waals surface area contributed by atoms with Gasteiger partial charge in [0.05, 0.1) is 0 Å². The lowest BCUT2D eigenvalue weighted by atomic mass is 9.85. The zero-order valence-electron chi connectivity index (χ0n) is 13.1. The monoisotopic (exact) mass is 363 g/mol. The summed E-state index contributed by atoms with van der Waals surface area (Å²) >= 11 is 5.96. The molecule has 3 N–H and O–H groups in total. The molecule has 1 aliphatic rings. The van der Waals surface area contributed by atoms with Gasteiger partial charge in [-0.1, -0.05) is 30.5 Å². The Hall–Kier alpha value is -0.730. The normalized spacial score (nSPS) is 22.5. The first kappa shape index (κ1) is 18.6. The Labute approximate surface area is 142 Å². The summed E-state index contributed by atoms with van der Waals surface area (Å²) in [5, 5.41) is 0.213. The van der Waals surface area contributed by atoms with Crippen LogP contribution in [0.5, 0.6) is 0 Å². The van der Waals surface area contributed by atoms with Gasteiger partial charge in [0.2, 0.25) is 0 Å². The van der Waals surface area contributed by atoms with Crippen LogP contribution in [0.2, 0.25) is 5.02 Å². The van der Waals surface area contributed by atoms with Crippen molar-refractivity contribution < 1.29 is 12.8 Å². The molecule has 0 bridgehead atoms. The van der Waals surface area contributed by atoms with Crippen LogP contribution in [0.1, 0.15) is 31.2 Å². The van der Waals surface area contributed by atoms with E-state index in [9.17, 15) is 12.8 Å². The van der Waals surface area contributed by atoms with E-state index in [4.69, 9.17) is 17.3 Å². The topological polar surface area (TPSA) is 75.4 Å². The summed E-state index contributed by atoms with van der Waals surface area (Å²) in [4.78, 5) is 0. The second-order valence-electron chi connectivity index (χ2n) is 5.97. The summed E-state index contributed by atoms with van der Waals surface area (Å²) in [6.45, 7) is 0.330. The highest BCUT2D eigenvalue weighted by Gasteiger charge is 2.30. The molecule has 0 saturated heterocycles. The van der Waals surface area contributed by atoms with Gasteiger partial charge in [-0.05, 0) is 37.4 Å². The van der Waals surface area contributed by atoms with Crippen molar-refractivity contribution in [3.05, 3.63) is 34.6 Å². The van der Waals surface area contributed by atoms with Crippen LogP contribution in [0.4, 0.5) is 4.39 Å². The lowest BCUT2D eigenvalue weighted by molar-refractivity contribution is 0.290. The Morgan fingerprint density at radius 3 is 2.74 bits per heavy atom. The quantitative estimate of drug-likeness (QED) is 0.814. The maximum atomic E-state index is 13.8. The minimum atomic E-state index is -3.73. The van der Waals surface area contributed by atoms with Gasteiger partial charge in [-0.2, -0.15) is 17.4 Å². The molecular formula is C15H23ClFN3O2S. The average Bonchev–Trinajstić information content (AvgIpc) is 2.51. The maximum Gasteiger partial charge on any atom is 0.279 e. The molecule has 2 rings (SSSR count). The van der Waals surface area contributed by atoms with Gasteiger partial charge in [-0.3, -0.25) is 0 Å². The van der Waals surface area contributed by atoms with Crippen molar-refractivity contribution in [3.63, 3.8) is 0 Å². The minimum Gasteiger partial charge on any atom is -0.330 e. The molecule has 1 fully saturated rings. The second kappa shape index (κ2) is 7.90. The minimum absolute atomic E-state index is 0.124. The van der Waals surface area contributed by atoms with E-state index in [1.54, 1.807) is 6.07 Å². The lowest BCUT2D eigenvalue weighted by Crippen LogP contribution is -2.49. The van der Waals surface area contributed by atoms with E-state index in [-0.39, 0.29) is 29.1 Å². The molecule has 1 aliphatic carbocycles. The van der Waals surface area contributed by atoms with Crippen molar-refractivity contribution in [1.82, 2.24) is 9.03 Å². The van der Waals surface area contributed by atoms with Crippen molar-refractivity contribution in [2.45, 2.75) is 38.3 Å². The van der Waals surface area contributed by atoms with E-state index in [0.29, 0.717) is 6.54 Å². The zero-order valence-corrected chi connectivity index (χ0v) is 14.7. The molecule has 130 valence electrons. The Morgan fingerprint density at radius 2 is 2.09 bits per heavy atom. The summed E-state index contributed by atoms with van der Waals surface area (Å²) < 4.78 is 42.6. The standard InChI is InChI=1S/C15H23ClFN3O2S/c1-20(10-12-13(16)6-4-7-14(12)17)23(21,22)19-15-8-3-2-5-11(15)9-18/h4,6-7,11,15,19H,2-3,5,8-10,18H2,1H3. The largest absolute Gasteiger partial charge is 0.330 e. The van der Waals surface area contributed by atoms with E-state index in [0.717, 1.165) is 30.0 Å². The maximum absolute atomic E-state index is 13.8. The van der Waals surface area contributed by atoms with Crippen molar-refractivity contribution in [3.8, 4) is 0 Å². The molecule has 2 atom stereocenters. The first-order chi connectivity index (χ1) is 10.8. The highest BCUT2D eigenvalue weighted by Crippen LogP contribution is 2.25. The molecular weight excluding hydrogens is 341 g/mol. The SMILES string of the molecule is CN(Cc1c(F)cccc1Cl)S(=O)(=O)NC1CCCCC1CN. The fourth-order valence-corrected chi connectivity index (χ4v) is 4.31. The summed E-state index contributed by atoms with van der Waals surface area (Å²) in [5.74, 6) is -0.374. The number of hydrogen-bond acceptors (Lipinski definition) is 3. The molecule has 23 heavy (non-hydrogen) atoms. The number of nitrogens with two attached hydrogens (primary N) is 1. The number of nitrogens with one attached hydrogen (secondary N) is 1. The molecule has 2 unspecified atom stereocenters. The van der Waals surface area contributed by atoms with Crippen LogP contribution >= 0.6 is 11.6 Å². The van der Waals surface area contributed by atoms with Gasteiger partial charge >= 0.3 is 0 Å². The smallest absolute Gasteiger partial charge is 0.279 e. The van der Waals surface area contributed by atoms with Crippen LogP contribution in [0, 0.1) is 11.7 Å². The first-order valence-electron chi connectivity index (χ1n) is 7.71. The Morgan fingerprint density at radius 1 is 1.39 bits per heavy atom. The Kier molecular flexibility index (Phi) is 6.39. The molecule has 8 heteroatoms. The molecule has 0 aliphatic heterocycles. The van der Waals surface area contributed by atoms with E-state index in [1.807, 2.05) is 0 Å². The van der Waals surface area contributed by atoms with Crippen LogP contribution in [0.3, 0.4) is 0 Å². The van der Waals surface area contributed by atoms with Gasteiger partial charge in [-0.25, -0.2) is 4.39 Å². The number of benzene rings is 1. The molecule has 5 nitrogen and oxygen atoms in total. The van der Waals surface area contributed by atoms with Gasteiger partial charge in [-0.15, -0.1) is 0 Å². The number of halogens is 2. The van der Waals surface area contributed by atoms with Crippen LogP contribution in [0.25, 0.3) is 0 Å². The number of nitrogens with zero attached hydrogens (tertiary/aromatic N) is 1. The fourth-order valence-electron chi connectivity index (χ4n) is 2.92. The molecule has 0 spiro atoms. The van der Waals surface area contributed by atoms with E-state index in [1.165, 1.54) is 19.2 Å².